The van der Waals surface area contributed by atoms with Gasteiger partial charge in [0.25, 0.3) is 5.91 Å². The number of rotatable bonds is 4. The number of nitrogens with zero attached hydrogens (tertiary/aromatic N) is 1. The fraction of sp³-hybridized carbons (Fsp3) is 0.500. The quantitative estimate of drug-likeness (QED) is 0.776. The predicted molar refractivity (Wildman–Crippen MR) is 96.6 cm³/mol. The monoisotopic (exact) mass is 346 g/mol. The summed E-state index contributed by atoms with van der Waals surface area (Å²) in [5.74, 6) is -0.375. The lowest BCUT2D eigenvalue weighted by molar-refractivity contribution is -0.118. The molecule has 0 unspecified atom stereocenters. The molecule has 0 spiro atoms. The summed E-state index contributed by atoms with van der Waals surface area (Å²) in [7, 11) is 1.44. The molecule has 0 saturated carbocycles. The van der Waals surface area contributed by atoms with Crippen LogP contribution in [-0.4, -0.2) is 48.9 Å². The van der Waals surface area contributed by atoms with Crippen molar-refractivity contribution in [2.24, 2.45) is 0 Å². The Kier molecular flexibility index (Phi) is 6.38. The third kappa shape index (κ3) is 4.95. The smallest absolute Gasteiger partial charge is 0.321 e. The molecule has 0 aromatic heterocycles. The Morgan fingerprint density at radius 3 is 2.64 bits per heavy atom. The van der Waals surface area contributed by atoms with E-state index in [1.807, 2.05) is 17.9 Å². The predicted octanol–water partition coefficient (Wildman–Crippen LogP) is 1.88. The molecule has 136 valence electrons. The van der Waals surface area contributed by atoms with E-state index in [0.717, 1.165) is 30.6 Å². The number of carbonyl (C=O) groups excluding carboxylic acids is 3. The molecule has 1 aromatic carbocycles. The highest BCUT2D eigenvalue weighted by molar-refractivity contribution is 5.97. The van der Waals surface area contributed by atoms with E-state index in [4.69, 9.17) is 0 Å². The van der Waals surface area contributed by atoms with Crippen LogP contribution in [0.3, 0.4) is 0 Å². The number of likely N-dealkylation sites (tertiary alicyclic amines) is 1. The summed E-state index contributed by atoms with van der Waals surface area (Å²) < 4.78 is 0. The standard InChI is InChI=1S/C18H26N4O3/c1-12-10-14(17(24)22-9-5-4-6-13(22)2)7-8-15(12)20-11-16(23)21-18(25)19-3/h7-8,10,13,20H,4-6,9,11H2,1-3H3,(H2,19,21,23,25)/t13-/m0/s1. The molecule has 7 heteroatoms. The van der Waals surface area contributed by atoms with Crippen molar-refractivity contribution in [1.82, 2.24) is 15.5 Å². The van der Waals surface area contributed by atoms with Gasteiger partial charge in [-0.1, -0.05) is 0 Å². The molecule has 1 aromatic rings. The highest BCUT2D eigenvalue weighted by Gasteiger charge is 2.24. The van der Waals surface area contributed by atoms with E-state index in [-0.39, 0.29) is 18.5 Å². The minimum Gasteiger partial charge on any atom is -0.376 e. The summed E-state index contributed by atoms with van der Waals surface area (Å²) in [6.07, 6.45) is 3.27. The zero-order valence-electron chi connectivity index (χ0n) is 15.0. The number of urea groups is 1. The van der Waals surface area contributed by atoms with Crippen LogP contribution in [0.1, 0.15) is 42.1 Å². The van der Waals surface area contributed by atoms with Crippen LogP contribution in [0.15, 0.2) is 18.2 Å². The Morgan fingerprint density at radius 2 is 2.00 bits per heavy atom. The van der Waals surface area contributed by atoms with Gasteiger partial charge in [0.15, 0.2) is 0 Å². The molecule has 1 fully saturated rings. The van der Waals surface area contributed by atoms with Crippen LogP contribution in [0.5, 0.6) is 0 Å². The van der Waals surface area contributed by atoms with Gasteiger partial charge in [-0.3, -0.25) is 14.9 Å². The number of benzene rings is 1. The lowest BCUT2D eigenvalue weighted by Gasteiger charge is -2.33. The third-order valence-corrected chi connectivity index (χ3v) is 4.46. The van der Waals surface area contributed by atoms with E-state index < -0.39 is 11.9 Å². The number of carbonyl (C=O) groups is 3. The first kappa shape index (κ1) is 18.8. The summed E-state index contributed by atoms with van der Waals surface area (Å²) in [6.45, 7) is 4.75. The molecule has 1 atom stereocenters. The molecule has 3 N–H and O–H groups in total. The molecule has 1 aliphatic heterocycles. The van der Waals surface area contributed by atoms with Crippen LogP contribution < -0.4 is 16.0 Å². The van der Waals surface area contributed by atoms with Crippen molar-refractivity contribution in [2.45, 2.75) is 39.2 Å². The summed E-state index contributed by atoms with van der Waals surface area (Å²) in [6, 6.07) is 5.13. The number of amides is 4. The maximum absolute atomic E-state index is 12.7. The maximum Gasteiger partial charge on any atom is 0.321 e. The van der Waals surface area contributed by atoms with E-state index in [2.05, 4.69) is 22.9 Å². The van der Waals surface area contributed by atoms with Crippen molar-refractivity contribution in [3.8, 4) is 0 Å². The number of piperidine rings is 1. The van der Waals surface area contributed by atoms with Gasteiger partial charge >= 0.3 is 6.03 Å². The van der Waals surface area contributed by atoms with Crippen LogP contribution >= 0.6 is 0 Å². The molecule has 0 bridgehead atoms. The van der Waals surface area contributed by atoms with Gasteiger partial charge in [0.05, 0.1) is 6.54 Å². The normalized spacial score (nSPS) is 16.9. The van der Waals surface area contributed by atoms with Crippen molar-refractivity contribution in [1.29, 1.82) is 0 Å². The molecule has 2 rings (SSSR count). The Morgan fingerprint density at radius 1 is 1.24 bits per heavy atom. The van der Waals surface area contributed by atoms with Gasteiger partial charge in [0.1, 0.15) is 0 Å². The lowest BCUT2D eigenvalue weighted by atomic mass is 10.0. The number of hydrogen-bond acceptors (Lipinski definition) is 4. The van der Waals surface area contributed by atoms with E-state index in [9.17, 15) is 14.4 Å². The van der Waals surface area contributed by atoms with Crippen LogP contribution in [0, 0.1) is 6.92 Å². The van der Waals surface area contributed by atoms with Crippen LogP contribution in [0.2, 0.25) is 0 Å². The van der Waals surface area contributed by atoms with Crippen LogP contribution in [0.25, 0.3) is 0 Å². The van der Waals surface area contributed by atoms with Gasteiger partial charge in [-0.15, -0.1) is 0 Å². The molecule has 1 saturated heterocycles. The van der Waals surface area contributed by atoms with Crippen molar-refractivity contribution >= 4 is 23.5 Å². The SMILES string of the molecule is CNC(=O)NC(=O)CNc1ccc(C(=O)N2CCCC[C@@H]2C)cc1C. The molecule has 4 amide bonds. The molecular formula is C18H26N4O3. The Labute approximate surface area is 148 Å². The number of imide groups is 1. The topological polar surface area (TPSA) is 90.5 Å². The highest BCUT2D eigenvalue weighted by atomic mass is 16.2. The van der Waals surface area contributed by atoms with E-state index >= 15 is 0 Å². The summed E-state index contributed by atoms with van der Waals surface area (Å²) in [4.78, 5) is 37.3. The summed E-state index contributed by atoms with van der Waals surface area (Å²) in [5.41, 5.74) is 2.30. The summed E-state index contributed by atoms with van der Waals surface area (Å²) in [5, 5.41) is 7.48. The first-order chi connectivity index (χ1) is 11.9. The summed E-state index contributed by atoms with van der Waals surface area (Å²) >= 11 is 0. The zero-order chi connectivity index (χ0) is 18.4. The average molecular weight is 346 g/mol. The van der Waals surface area contributed by atoms with Crippen molar-refractivity contribution in [3.63, 3.8) is 0 Å². The Balaban J connectivity index is 1.99. The third-order valence-electron chi connectivity index (χ3n) is 4.46. The molecule has 25 heavy (non-hydrogen) atoms. The largest absolute Gasteiger partial charge is 0.376 e. The van der Waals surface area contributed by atoms with Crippen molar-refractivity contribution in [2.75, 3.05) is 25.5 Å². The van der Waals surface area contributed by atoms with Crippen LogP contribution in [0.4, 0.5) is 10.5 Å². The van der Waals surface area contributed by atoms with Gasteiger partial charge in [0, 0.05) is 30.9 Å². The fourth-order valence-electron chi connectivity index (χ4n) is 2.97. The Bertz CT molecular complexity index is 660. The molecule has 0 radical (unpaired) electrons. The van der Waals surface area contributed by atoms with E-state index in [1.165, 1.54) is 13.5 Å². The van der Waals surface area contributed by atoms with Gasteiger partial charge in [0.2, 0.25) is 5.91 Å². The first-order valence-corrected chi connectivity index (χ1v) is 8.59. The lowest BCUT2D eigenvalue weighted by Crippen LogP contribution is -2.42. The average Bonchev–Trinajstić information content (AvgIpc) is 2.60. The minimum absolute atomic E-state index is 0.0231. The molecule has 1 heterocycles. The van der Waals surface area contributed by atoms with Crippen molar-refractivity contribution in [3.05, 3.63) is 29.3 Å². The first-order valence-electron chi connectivity index (χ1n) is 8.59. The van der Waals surface area contributed by atoms with E-state index in [1.54, 1.807) is 12.1 Å². The molecular weight excluding hydrogens is 320 g/mol. The Hall–Kier alpha value is -2.57. The zero-order valence-corrected chi connectivity index (χ0v) is 15.0. The van der Waals surface area contributed by atoms with Crippen molar-refractivity contribution < 1.29 is 14.4 Å². The fourth-order valence-corrected chi connectivity index (χ4v) is 2.97. The molecule has 0 aliphatic carbocycles. The van der Waals surface area contributed by atoms with E-state index in [0.29, 0.717) is 5.56 Å². The maximum atomic E-state index is 12.7. The second-order valence-electron chi connectivity index (χ2n) is 6.35. The highest BCUT2D eigenvalue weighted by Crippen LogP contribution is 2.22. The number of nitrogens with one attached hydrogen (secondary N) is 3. The number of anilines is 1. The number of aryl methyl sites for hydroxylation is 1. The van der Waals surface area contributed by atoms with Gasteiger partial charge in [-0.05, 0) is 56.9 Å². The van der Waals surface area contributed by atoms with Gasteiger partial charge in [-0.25, -0.2) is 4.79 Å². The van der Waals surface area contributed by atoms with Gasteiger partial charge in [-0.2, -0.15) is 0 Å². The molecule has 7 nitrogen and oxygen atoms in total. The number of hydrogen-bond donors (Lipinski definition) is 3. The minimum atomic E-state index is -0.542. The molecule has 1 aliphatic rings. The second-order valence-corrected chi connectivity index (χ2v) is 6.35. The second kappa shape index (κ2) is 8.50. The van der Waals surface area contributed by atoms with Crippen LogP contribution in [-0.2, 0) is 4.79 Å². The van der Waals surface area contributed by atoms with Gasteiger partial charge < -0.3 is 15.5 Å².